The molecule has 6 nitrogen and oxygen atoms in total. The summed E-state index contributed by atoms with van der Waals surface area (Å²) in [5.41, 5.74) is 0. The van der Waals surface area contributed by atoms with E-state index in [2.05, 4.69) is 6.92 Å². The fraction of sp³-hybridized carbons (Fsp3) is 0.850. The smallest absolute Gasteiger partial charge is 0.308 e. The third kappa shape index (κ3) is 18.7. The molecule has 0 saturated carbocycles. The average molecular weight is 373 g/mol. The summed E-state index contributed by atoms with van der Waals surface area (Å²) in [6, 6.07) is 0. The van der Waals surface area contributed by atoms with E-state index in [0.29, 0.717) is 12.8 Å². The molecule has 0 fully saturated rings. The van der Waals surface area contributed by atoms with Crippen molar-refractivity contribution in [3.8, 4) is 0 Å². The number of carboxylic acid groups (broad SMARTS) is 1. The van der Waals surface area contributed by atoms with Gasteiger partial charge < -0.3 is 14.6 Å². The second-order valence-corrected chi connectivity index (χ2v) is 6.68. The predicted octanol–water partition coefficient (Wildman–Crippen LogP) is 4.99. The fourth-order valence-electron chi connectivity index (χ4n) is 2.61. The maximum Gasteiger partial charge on any atom is 0.308 e. The minimum absolute atomic E-state index is 0.245. The first-order chi connectivity index (χ1) is 12.6. The van der Waals surface area contributed by atoms with Crippen LogP contribution in [0.3, 0.4) is 0 Å². The lowest BCUT2D eigenvalue weighted by atomic mass is 10.1. The maximum atomic E-state index is 11.5. The Labute approximate surface area is 157 Å². The van der Waals surface area contributed by atoms with Crippen molar-refractivity contribution in [2.45, 2.75) is 103 Å². The second kappa shape index (κ2) is 18.2. The third-order valence-electron chi connectivity index (χ3n) is 4.20. The van der Waals surface area contributed by atoms with E-state index in [4.69, 9.17) is 14.6 Å². The average Bonchev–Trinajstić information content (AvgIpc) is 2.60. The van der Waals surface area contributed by atoms with Crippen LogP contribution in [0, 0.1) is 0 Å². The molecule has 0 aromatic heterocycles. The Morgan fingerprint density at radius 3 is 1.42 bits per heavy atom. The van der Waals surface area contributed by atoms with Gasteiger partial charge in [-0.15, -0.1) is 0 Å². The fourth-order valence-corrected chi connectivity index (χ4v) is 2.61. The van der Waals surface area contributed by atoms with E-state index in [1.165, 1.54) is 12.8 Å². The topological polar surface area (TPSA) is 89.9 Å². The Balaban J connectivity index is 3.33. The van der Waals surface area contributed by atoms with Crippen LogP contribution >= 0.6 is 0 Å². The van der Waals surface area contributed by atoms with Gasteiger partial charge >= 0.3 is 17.9 Å². The van der Waals surface area contributed by atoms with E-state index in [9.17, 15) is 14.4 Å². The summed E-state index contributed by atoms with van der Waals surface area (Å²) in [6.45, 7) is 1.87. The van der Waals surface area contributed by atoms with Crippen LogP contribution in [0.5, 0.6) is 0 Å². The van der Waals surface area contributed by atoms with Gasteiger partial charge in [-0.2, -0.15) is 0 Å². The zero-order valence-corrected chi connectivity index (χ0v) is 16.3. The van der Waals surface area contributed by atoms with Gasteiger partial charge in [0.1, 0.15) is 0 Å². The number of carbonyl (C=O) groups excluding carboxylic acids is 2. The number of rotatable bonds is 18. The van der Waals surface area contributed by atoms with E-state index in [-0.39, 0.29) is 25.2 Å². The van der Waals surface area contributed by atoms with Gasteiger partial charge in [-0.05, 0) is 19.3 Å². The molecule has 0 aromatic rings. The molecule has 0 heterocycles. The molecule has 0 aliphatic rings. The summed E-state index contributed by atoms with van der Waals surface area (Å²) in [4.78, 5) is 33.3. The van der Waals surface area contributed by atoms with Crippen molar-refractivity contribution < 1.29 is 29.0 Å². The Kier molecular flexibility index (Phi) is 17.1. The zero-order valence-electron chi connectivity index (χ0n) is 16.3. The number of hydrogen-bond donors (Lipinski definition) is 1. The molecule has 152 valence electrons. The maximum absolute atomic E-state index is 11.5. The van der Waals surface area contributed by atoms with Crippen LogP contribution in [0.1, 0.15) is 103 Å². The highest BCUT2D eigenvalue weighted by atomic mass is 16.7. The molecule has 0 atom stereocenters. The number of carbonyl (C=O) groups is 3. The largest absolute Gasteiger partial charge is 0.481 e. The van der Waals surface area contributed by atoms with E-state index in [0.717, 1.165) is 64.2 Å². The van der Waals surface area contributed by atoms with Crippen LogP contribution in [-0.4, -0.2) is 29.8 Å². The van der Waals surface area contributed by atoms with Crippen LogP contribution < -0.4 is 0 Å². The molecule has 0 aliphatic heterocycles. The molecule has 6 heteroatoms. The molecule has 0 radical (unpaired) electrons. The Morgan fingerprint density at radius 1 is 0.615 bits per heavy atom. The number of unbranched alkanes of at least 4 members (excludes halogenated alkanes) is 10. The summed E-state index contributed by atoms with van der Waals surface area (Å²) in [5.74, 6) is -1.37. The molecule has 0 bridgehead atoms. The number of ether oxygens (including phenoxy) is 2. The molecule has 0 rings (SSSR count). The molecule has 0 spiro atoms. The summed E-state index contributed by atoms with van der Waals surface area (Å²) < 4.78 is 9.80. The summed E-state index contributed by atoms with van der Waals surface area (Å²) >= 11 is 0. The van der Waals surface area contributed by atoms with Gasteiger partial charge in [0.05, 0.1) is 0 Å². The van der Waals surface area contributed by atoms with Crippen LogP contribution in [0.25, 0.3) is 0 Å². The van der Waals surface area contributed by atoms with Crippen molar-refractivity contribution in [3.05, 3.63) is 0 Å². The number of hydrogen-bond acceptors (Lipinski definition) is 5. The van der Waals surface area contributed by atoms with Crippen LogP contribution in [-0.2, 0) is 23.9 Å². The third-order valence-corrected chi connectivity index (χ3v) is 4.20. The Bertz CT molecular complexity index is 380. The van der Waals surface area contributed by atoms with Crippen LogP contribution in [0.15, 0.2) is 0 Å². The summed E-state index contributed by atoms with van der Waals surface area (Å²) in [7, 11) is 0. The SMILES string of the molecule is CCCCCCCC(=O)OCOC(=O)CCCCCCCCCC(=O)O. The van der Waals surface area contributed by atoms with E-state index >= 15 is 0 Å². The van der Waals surface area contributed by atoms with Gasteiger partial charge in [0, 0.05) is 19.3 Å². The number of carboxylic acids is 1. The van der Waals surface area contributed by atoms with Gasteiger partial charge in [0.25, 0.3) is 0 Å². The van der Waals surface area contributed by atoms with Crippen molar-refractivity contribution in [3.63, 3.8) is 0 Å². The highest BCUT2D eigenvalue weighted by molar-refractivity contribution is 5.70. The molecule has 1 N–H and O–H groups in total. The summed E-state index contributed by atoms with van der Waals surface area (Å²) in [6.07, 6.45) is 12.8. The van der Waals surface area contributed by atoms with Crippen molar-refractivity contribution >= 4 is 17.9 Å². The van der Waals surface area contributed by atoms with Gasteiger partial charge in [-0.1, -0.05) is 64.7 Å². The summed E-state index contributed by atoms with van der Waals surface area (Å²) in [5, 5.41) is 8.53. The van der Waals surface area contributed by atoms with E-state index < -0.39 is 5.97 Å². The van der Waals surface area contributed by atoms with Crippen LogP contribution in [0.2, 0.25) is 0 Å². The van der Waals surface area contributed by atoms with Crippen molar-refractivity contribution in [1.29, 1.82) is 0 Å². The van der Waals surface area contributed by atoms with Crippen LogP contribution in [0.4, 0.5) is 0 Å². The van der Waals surface area contributed by atoms with E-state index in [1.807, 2.05) is 0 Å². The van der Waals surface area contributed by atoms with E-state index in [1.54, 1.807) is 0 Å². The number of esters is 2. The number of aliphatic carboxylic acids is 1. The lowest BCUT2D eigenvalue weighted by Gasteiger charge is -2.06. The first-order valence-electron chi connectivity index (χ1n) is 10.1. The lowest BCUT2D eigenvalue weighted by Crippen LogP contribution is -2.12. The molecule has 26 heavy (non-hydrogen) atoms. The van der Waals surface area contributed by atoms with Crippen molar-refractivity contribution in [2.24, 2.45) is 0 Å². The molecule has 0 saturated heterocycles. The van der Waals surface area contributed by atoms with Crippen molar-refractivity contribution in [2.75, 3.05) is 6.79 Å². The standard InChI is InChI=1S/C20H36O6/c1-2-3-4-8-12-15-19(23)25-17-26-20(24)16-13-10-7-5-6-9-11-14-18(21)22/h2-17H2,1H3,(H,21,22). The van der Waals surface area contributed by atoms with Crippen molar-refractivity contribution in [1.82, 2.24) is 0 Å². The highest BCUT2D eigenvalue weighted by Crippen LogP contribution is 2.10. The second-order valence-electron chi connectivity index (χ2n) is 6.68. The Hall–Kier alpha value is -1.59. The molecule has 0 amide bonds. The highest BCUT2D eigenvalue weighted by Gasteiger charge is 2.06. The monoisotopic (exact) mass is 372 g/mol. The van der Waals surface area contributed by atoms with Gasteiger partial charge in [-0.3, -0.25) is 14.4 Å². The van der Waals surface area contributed by atoms with Gasteiger partial charge in [0.15, 0.2) is 0 Å². The molecular formula is C20H36O6. The quantitative estimate of drug-likeness (QED) is 0.207. The molecule has 0 aromatic carbocycles. The zero-order chi connectivity index (χ0) is 19.5. The molecule has 0 aliphatic carbocycles. The lowest BCUT2D eigenvalue weighted by molar-refractivity contribution is -0.167. The minimum Gasteiger partial charge on any atom is -0.481 e. The molecular weight excluding hydrogens is 336 g/mol. The first-order valence-corrected chi connectivity index (χ1v) is 10.1. The Morgan fingerprint density at radius 2 is 1.00 bits per heavy atom. The molecule has 0 unspecified atom stereocenters. The normalized spacial score (nSPS) is 10.5. The first kappa shape index (κ1) is 24.4. The minimum atomic E-state index is -0.735. The van der Waals surface area contributed by atoms with Gasteiger partial charge in [0.2, 0.25) is 6.79 Å². The van der Waals surface area contributed by atoms with Gasteiger partial charge in [-0.25, -0.2) is 0 Å². The predicted molar refractivity (Wildman–Crippen MR) is 99.6 cm³/mol.